The van der Waals surface area contributed by atoms with Crippen LogP contribution in [0.4, 0.5) is 0 Å². The molecule has 1 aromatic carbocycles. The zero-order valence-electron chi connectivity index (χ0n) is 10.7. The van der Waals surface area contributed by atoms with Gasteiger partial charge >= 0.3 is 0 Å². The molecule has 1 amide bonds. The van der Waals surface area contributed by atoms with Gasteiger partial charge < -0.3 is 10.1 Å². The molecular formula is C15H19NO2. The highest BCUT2D eigenvalue weighted by molar-refractivity contribution is 5.79. The van der Waals surface area contributed by atoms with Gasteiger partial charge in [0.1, 0.15) is 5.75 Å². The van der Waals surface area contributed by atoms with Crippen LogP contribution in [0.2, 0.25) is 0 Å². The second-order valence-electron chi connectivity index (χ2n) is 4.44. The lowest BCUT2D eigenvalue weighted by molar-refractivity contribution is -0.124. The fraction of sp³-hybridized carbons (Fsp3) is 0.400. The molecule has 0 aliphatic heterocycles. The largest absolute Gasteiger partial charge is 0.494 e. The second-order valence-corrected chi connectivity index (χ2v) is 4.44. The lowest BCUT2D eigenvalue weighted by Gasteiger charge is -2.11. The average molecular weight is 245 g/mol. The molecular weight excluding hydrogens is 226 g/mol. The minimum Gasteiger partial charge on any atom is -0.494 e. The summed E-state index contributed by atoms with van der Waals surface area (Å²) in [6.45, 7) is 3.18. The van der Waals surface area contributed by atoms with Gasteiger partial charge in [0, 0.05) is 12.5 Å². The maximum Gasteiger partial charge on any atom is 0.224 e. The molecule has 0 spiro atoms. The van der Waals surface area contributed by atoms with E-state index >= 15 is 0 Å². The van der Waals surface area contributed by atoms with Gasteiger partial charge in [-0.25, -0.2) is 0 Å². The summed E-state index contributed by atoms with van der Waals surface area (Å²) in [5, 5.41) is 2.98. The topological polar surface area (TPSA) is 38.3 Å². The van der Waals surface area contributed by atoms with Gasteiger partial charge in [-0.05, 0) is 37.5 Å². The molecule has 1 aliphatic rings. The summed E-state index contributed by atoms with van der Waals surface area (Å²) in [7, 11) is 0. The third-order valence-electron chi connectivity index (χ3n) is 3.05. The second kappa shape index (κ2) is 6.24. The van der Waals surface area contributed by atoms with Crippen molar-refractivity contribution in [2.45, 2.75) is 26.3 Å². The number of hydrogen-bond donors (Lipinski definition) is 1. The van der Waals surface area contributed by atoms with E-state index in [9.17, 15) is 4.79 Å². The molecule has 2 rings (SSSR count). The molecule has 0 radical (unpaired) electrons. The lowest BCUT2D eigenvalue weighted by Crippen LogP contribution is -2.28. The Morgan fingerprint density at radius 3 is 2.89 bits per heavy atom. The fourth-order valence-electron chi connectivity index (χ4n) is 2.08. The van der Waals surface area contributed by atoms with Crippen molar-refractivity contribution >= 4 is 5.91 Å². The first-order valence-corrected chi connectivity index (χ1v) is 6.44. The molecule has 3 nitrogen and oxygen atoms in total. The van der Waals surface area contributed by atoms with Crippen LogP contribution >= 0.6 is 0 Å². The fourth-order valence-corrected chi connectivity index (χ4v) is 2.08. The van der Waals surface area contributed by atoms with Crippen molar-refractivity contribution in [2.24, 2.45) is 5.92 Å². The number of ether oxygens (including phenoxy) is 1. The summed E-state index contributed by atoms with van der Waals surface area (Å²) < 4.78 is 5.43. The predicted octanol–water partition coefficient (Wildman–Crippen LogP) is 2.67. The summed E-state index contributed by atoms with van der Waals surface area (Å²) in [4.78, 5) is 11.8. The Morgan fingerprint density at radius 2 is 2.17 bits per heavy atom. The minimum absolute atomic E-state index is 0.125. The SMILES string of the molecule is CCOc1cccc(CNC(=O)C2CC=CC2)c1. The molecule has 0 saturated carbocycles. The quantitative estimate of drug-likeness (QED) is 0.810. The maximum atomic E-state index is 11.8. The van der Waals surface area contributed by atoms with Crippen molar-refractivity contribution in [3.8, 4) is 5.75 Å². The Hall–Kier alpha value is -1.77. The van der Waals surface area contributed by atoms with Crippen LogP contribution in [-0.2, 0) is 11.3 Å². The van der Waals surface area contributed by atoms with E-state index in [4.69, 9.17) is 4.74 Å². The molecule has 0 bridgehead atoms. The van der Waals surface area contributed by atoms with Gasteiger partial charge in [-0.3, -0.25) is 4.79 Å². The Morgan fingerprint density at radius 1 is 1.39 bits per heavy atom. The summed E-state index contributed by atoms with van der Waals surface area (Å²) in [5.41, 5.74) is 1.07. The predicted molar refractivity (Wildman–Crippen MR) is 71.3 cm³/mol. The van der Waals surface area contributed by atoms with E-state index in [1.165, 1.54) is 0 Å². The molecule has 1 aromatic rings. The van der Waals surface area contributed by atoms with Gasteiger partial charge in [0.05, 0.1) is 6.61 Å². The summed E-state index contributed by atoms with van der Waals surface area (Å²) in [6, 6.07) is 7.84. The highest BCUT2D eigenvalue weighted by Crippen LogP contribution is 2.18. The number of carbonyl (C=O) groups excluding carboxylic acids is 1. The van der Waals surface area contributed by atoms with E-state index in [0.717, 1.165) is 24.2 Å². The van der Waals surface area contributed by atoms with Crippen molar-refractivity contribution < 1.29 is 9.53 Å². The van der Waals surface area contributed by atoms with Crippen molar-refractivity contribution in [2.75, 3.05) is 6.61 Å². The number of rotatable bonds is 5. The van der Waals surface area contributed by atoms with E-state index in [1.807, 2.05) is 31.2 Å². The monoisotopic (exact) mass is 245 g/mol. The molecule has 0 atom stereocenters. The van der Waals surface area contributed by atoms with E-state index in [1.54, 1.807) is 0 Å². The third-order valence-corrected chi connectivity index (χ3v) is 3.05. The number of benzene rings is 1. The number of allylic oxidation sites excluding steroid dienone is 2. The molecule has 0 saturated heterocycles. The van der Waals surface area contributed by atoms with Gasteiger partial charge in [0.25, 0.3) is 0 Å². The standard InChI is InChI=1S/C15H19NO2/c1-2-18-14-9-5-6-12(10-14)11-16-15(17)13-7-3-4-8-13/h3-6,9-10,13H,2,7-8,11H2,1H3,(H,16,17). The molecule has 18 heavy (non-hydrogen) atoms. The number of nitrogens with one attached hydrogen (secondary N) is 1. The van der Waals surface area contributed by atoms with Crippen LogP contribution in [0.25, 0.3) is 0 Å². The Kier molecular flexibility index (Phi) is 4.40. The van der Waals surface area contributed by atoms with Crippen molar-refractivity contribution in [1.82, 2.24) is 5.32 Å². The Balaban J connectivity index is 1.85. The molecule has 1 aliphatic carbocycles. The highest BCUT2D eigenvalue weighted by atomic mass is 16.5. The zero-order chi connectivity index (χ0) is 12.8. The van der Waals surface area contributed by atoms with Crippen LogP contribution in [0.5, 0.6) is 5.75 Å². The molecule has 0 unspecified atom stereocenters. The number of hydrogen-bond acceptors (Lipinski definition) is 2. The van der Waals surface area contributed by atoms with Gasteiger partial charge in [0.15, 0.2) is 0 Å². The highest BCUT2D eigenvalue weighted by Gasteiger charge is 2.18. The molecule has 1 N–H and O–H groups in total. The minimum atomic E-state index is 0.125. The van der Waals surface area contributed by atoms with E-state index < -0.39 is 0 Å². The van der Waals surface area contributed by atoms with Gasteiger partial charge in [-0.1, -0.05) is 24.3 Å². The first-order valence-electron chi connectivity index (χ1n) is 6.44. The lowest BCUT2D eigenvalue weighted by atomic mass is 10.1. The van der Waals surface area contributed by atoms with Gasteiger partial charge in [-0.2, -0.15) is 0 Å². The molecule has 0 heterocycles. The zero-order valence-corrected chi connectivity index (χ0v) is 10.7. The van der Waals surface area contributed by atoms with Crippen LogP contribution in [-0.4, -0.2) is 12.5 Å². The van der Waals surface area contributed by atoms with Crippen molar-refractivity contribution in [3.05, 3.63) is 42.0 Å². The van der Waals surface area contributed by atoms with Crippen LogP contribution < -0.4 is 10.1 Å². The number of amides is 1. The van der Waals surface area contributed by atoms with E-state index in [2.05, 4.69) is 17.5 Å². The first kappa shape index (κ1) is 12.7. The van der Waals surface area contributed by atoms with Crippen LogP contribution in [0, 0.1) is 5.92 Å². The molecule has 3 heteroatoms. The molecule has 0 aromatic heterocycles. The summed E-state index contributed by atoms with van der Waals surface area (Å²) in [5.74, 6) is 1.12. The number of carbonyl (C=O) groups is 1. The summed E-state index contributed by atoms with van der Waals surface area (Å²) >= 11 is 0. The van der Waals surface area contributed by atoms with Crippen molar-refractivity contribution in [3.63, 3.8) is 0 Å². The summed E-state index contributed by atoms with van der Waals surface area (Å²) in [6.07, 6.45) is 5.87. The Bertz CT molecular complexity index is 432. The third kappa shape index (κ3) is 3.36. The maximum absolute atomic E-state index is 11.8. The van der Waals surface area contributed by atoms with Gasteiger partial charge in [0.2, 0.25) is 5.91 Å². The smallest absolute Gasteiger partial charge is 0.224 e. The van der Waals surface area contributed by atoms with Crippen molar-refractivity contribution in [1.29, 1.82) is 0 Å². The molecule has 0 fully saturated rings. The van der Waals surface area contributed by atoms with Crippen LogP contribution in [0.1, 0.15) is 25.3 Å². The average Bonchev–Trinajstić information content (AvgIpc) is 2.91. The van der Waals surface area contributed by atoms with E-state index in [-0.39, 0.29) is 11.8 Å². The van der Waals surface area contributed by atoms with Gasteiger partial charge in [-0.15, -0.1) is 0 Å². The Labute approximate surface area is 108 Å². The normalized spacial score (nSPS) is 14.7. The first-order chi connectivity index (χ1) is 8.79. The van der Waals surface area contributed by atoms with Crippen LogP contribution in [0.3, 0.4) is 0 Å². The molecule has 96 valence electrons. The van der Waals surface area contributed by atoms with Crippen LogP contribution in [0.15, 0.2) is 36.4 Å². The van der Waals surface area contributed by atoms with E-state index in [0.29, 0.717) is 13.2 Å².